The highest BCUT2D eigenvalue weighted by Gasteiger charge is 2.19. The standard InChI is InChI=1S/C26H28FN5O/c1-18(2)30-13-15-31(16-14-30)21-6-4-20(5-7-21)29-23-9-10-24(32-12-11-28-26(23)32)19-3-8-22(27)25(33)17-19/h3-12,17-18,29,33H,13-16H2,1-2H3. The third-order valence-corrected chi connectivity index (χ3v) is 6.35. The number of fused-ring (bicyclic) bond motifs is 1. The van der Waals surface area contributed by atoms with Crippen LogP contribution in [-0.2, 0) is 0 Å². The molecule has 170 valence electrons. The van der Waals surface area contributed by atoms with Crippen molar-refractivity contribution in [3.8, 4) is 17.0 Å². The van der Waals surface area contributed by atoms with E-state index in [2.05, 4.69) is 58.2 Å². The van der Waals surface area contributed by atoms with E-state index in [4.69, 9.17) is 0 Å². The Morgan fingerprint density at radius 1 is 0.970 bits per heavy atom. The summed E-state index contributed by atoms with van der Waals surface area (Å²) in [7, 11) is 0. The minimum atomic E-state index is -0.635. The van der Waals surface area contributed by atoms with Gasteiger partial charge < -0.3 is 15.3 Å². The molecule has 0 atom stereocenters. The van der Waals surface area contributed by atoms with Gasteiger partial charge in [0, 0.05) is 61.6 Å². The normalized spacial score (nSPS) is 14.8. The summed E-state index contributed by atoms with van der Waals surface area (Å²) < 4.78 is 15.4. The maximum absolute atomic E-state index is 13.5. The molecular formula is C26H28FN5O. The Bertz CT molecular complexity index is 1260. The largest absolute Gasteiger partial charge is 0.505 e. The fourth-order valence-electron chi connectivity index (χ4n) is 4.43. The first-order valence-electron chi connectivity index (χ1n) is 11.3. The molecule has 1 saturated heterocycles. The second-order valence-corrected chi connectivity index (χ2v) is 8.71. The van der Waals surface area contributed by atoms with Gasteiger partial charge >= 0.3 is 0 Å². The molecule has 1 aliphatic heterocycles. The Morgan fingerprint density at radius 2 is 1.73 bits per heavy atom. The first kappa shape index (κ1) is 21.3. The van der Waals surface area contributed by atoms with E-state index in [1.807, 2.05) is 22.7 Å². The van der Waals surface area contributed by atoms with Crippen molar-refractivity contribution in [2.24, 2.45) is 0 Å². The molecule has 1 aliphatic rings. The summed E-state index contributed by atoms with van der Waals surface area (Å²) in [6, 6.07) is 17.3. The van der Waals surface area contributed by atoms with Crippen molar-refractivity contribution in [1.82, 2.24) is 14.3 Å². The van der Waals surface area contributed by atoms with Crippen LogP contribution in [0.3, 0.4) is 0 Å². The van der Waals surface area contributed by atoms with Gasteiger partial charge in [-0.3, -0.25) is 9.30 Å². The summed E-state index contributed by atoms with van der Waals surface area (Å²) in [5.41, 5.74) is 5.38. The van der Waals surface area contributed by atoms with E-state index in [1.165, 1.54) is 17.8 Å². The first-order valence-corrected chi connectivity index (χ1v) is 11.3. The number of pyridine rings is 1. The topological polar surface area (TPSA) is 56.0 Å². The monoisotopic (exact) mass is 445 g/mol. The van der Waals surface area contributed by atoms with Crippen LogP contribution >= 0.6 is 0 Å². The first-order chi connectivity index (χ1) is 16.0. The number of hydrogen-bond donors (Lipinski definition) is 2. The fourth-order valence-corrected chi connectivity index (χ4v) is 4.43. The zero-order valence-electron chi connectivity index (χ0n) is 18.9. The van der Waals surface area contributed by atoms with E-state index in [9.17, 15) is 9.50 Å². The van der Waals surface area contributed by atoms with E-state index in [0.717, 1.165) is 48.9 Å². The molecule has 2 aromatic carbocycles. The summed E-state index contributed by atoms with van der Waals surface area (Å²) in [6.07, 6.45) is 3.59. The zero-order valence-corrected chi connectivity index (χ0v) is 18.9. The van der Waals surface area contributed by atoms with Crippen molar-refractivity contribution in [3.05, 3.63) is 72.8 Å². The van der Waals surface area contributed by atoms with Gasteiger partial charge in [0.15, 0.2) is 17.2 Å². The summed E-state index contributed by atoms with van der Waals surface area (Å²) in [5.74, 6) is -1.00. The smallest absolute Gasteiger partial charge is 0.164 e. The van der Waals surface area contributed by atoms with Crippen LogP contribution in [-0.4, -0.2) is 51.6 Å². The van der Waals surface area contributed by atoms with Crippen molar-refractivity contribution < 1.29 is 9.50 Å². The number of nitrogens with zero attached hydrogens (tertiary/aromatic N) is 4. The third-order valence-electron chi connectivity index (χ3n) is 6.35. The molecular weight excluding hydrogens is 417 g/mol. The van der Waals surface area contributed by atoms with Crippen LogP contribution in [0.25, 0.3) is 16.9 Å². The van der Waals surface area contributed by atoms with Crippen LogP contribution in [0.15, 0.2) is 67.0 Å². The Balaban J connectivity index is 1.35. The number of hydrogen-bond acceptors (Lipinski definition) is 5. The van der Waals surface area contributed by atoms with Gasteiger partial charge in [-0.2, -0.15) is 0 Å². The maximum atomic E-state index is 13.5. The predicted octanol–water partition coefficient (Wildman–Crippen LogP) is 5.12. The lowest BCUT2D eigenvalue weighted by atomic mass is 10.1. The average molecular weight is 446 g/mol. The Hall–Kier alpha value is -3.58. The number of nitrogens with one attached hydrogen (secondary N) is 1. The maximum Gasteiger partial charge on any atom is 0.164 e. The molecule has 1 fully saturated rings. The number of phenolic OH excluding ortho intramolecular Hbond substituents is 1. The van der Waals surface area contributed by atoms with Crippen molar-refractivity contribution >= 4 is 22.7 Å². The molecule has 2 aromatic heterocycles. The number of piperazine rings is 1. The number of phenols is 1. The van der Waals surface area contributed by atoms with Crippen molar-refractivity contribution in [2.75, 3.05) is 36.4 Å². The van der Waals surface area contributed by atoms with Gasteiger partial charge in [0.25, 0.3) is 0 Å². The lowest BCUT2D eigenvalue weighted by molar-refractivity contribution is 0.209. The van der Waals surface area contributed by atoms with Gasteiger partial charge in [-0.1, -0.05) is 0 Å². The number of aromatic nitrogens is 2. The van der Waals surface area contributed by atoms with Gasteiger partial charge in [0.05, 0.1) is 11.4 Å². The highest BCUT2D eigenvalue weighted by atomic mass is 19.1. The van der Waals surface area contributed by atoms with Gasteiger partial charge in [-0.25, -0.2) is 9.37 Å². The van der Waals surface area contributed by atoms with E-state index in [-0.39, 0.29) is 5.75 Å². The van der Waals surface area contributed by atoms with Crippen molar-refractivity contribution in [2.45, 2.75) is 19.9 Å². The molecule has 0 spiro atoms. The van der Waals surface area contributed by atoms with Gasteiger partial charge in [-0.05, 0) is 68.4 Å². The van der Waals surface area contributed by atoms with Gasteiger partial charge in [0.1, 0.15) is 0 Å². The van der Waals surface area contributed by atoms with Crippen molar-refractivity contribution in [3.63, 3.8) is 0 Å². The lowest BCUT2D eigenvalue weighted by Crippen LogP contribution is -2.48. The zero-order chi connectivity index (χ0) is 22.9. The number of rotatable bonds is 5. The number of imidazole rings is 1. The minimum Gasteiger partial charge on any atom is -0.505 e. The summed E-state index contributed by atoms with van der Waals surface area (Å²) in [5, 5.41) is 13.2. The fraction of sp³-hybridized carbons (Fsp3) is 0.269. The highest BCUT2D eigenvalue weighted by molar-refractivity contribution is 5.78. The Labute approximate surface area is 192 Å². The second kappa shape index (κ2) is 8.75. The van der Waals surface area contributed by atoms with Crippen LogP contribution in [0.2, 0.25) is 0 Å². The molecule has 33 heavy (non-hydrogen) atoms. The van der Waals surface area contributed by atoms with E-state index in [1.54, 1.807) is 12.3 Å². The lowest BCUT2D eigenvalue weighted by Gasteiger charge is -2.38. The van der Waals surface area contributed by atoms with Gasteiger partial charge in [-0.15, -0.1) is 0 Å². The molecule has 6 nitrogen and oxygen atoms in total. The van der Waals surface area contributed by atoms with Crippen LogP contribution in [0.5, 0.6) is 5.75 Å². The second-order valence-electron chi connectivity index (χ2n) is 8.71. The summed E-state index contributed by atoms with van der Waals surface area (Å²) >= 11 is 0. The molecule has 0 aliphatic carbocycles. The molecule has 2 N–H and O–H groups in total. The van der Waals surface area contributed by atoms with E-state index in [0.29, 0.717) is 11.6 Å². The quantitative estimate of drug-likeness (QED) is 0.447. The number of anilines is 3. The summed E-state index contributed by atoms with van der Waals surface area (Å²) in [4.78, 5) is 9.45. The molecule has 3 heterocycles. The molecule has 0 saturated carbocycles. The van der Waals surface area contributed by atoms with Crippen LogP contribution in [0.4, 0.5) is 21.5 Å². The summed E-state index contributed by atoms with van der Waals surface area (Å²) in [6.45, 7) is 8.77. The SMILES string of the molecule is CC(C)N1CCN(c2ccc(Nc3ccc(-c4ccc(F)c(O)c4)n4ccnc34)cc2)CC1. The molecule has 0 bridgehead atoms. The molecule has 0 amide bonds. The van der Waals surface area contributed by atoms with Gasteiger partial charge in [0.2, 0.25) is 0 Å². The minimum absolute atomic E-state index is 0.367. The Kier molecular flexibility index (Phi) is 5.64. The molecule has 0 unspecified atom stereocenters. The van der Waals surface area contributed by atoms with Crippen molar-refractivity contribution in [1.29, 1.82) is 0 Å². The molecule has 0 radical (unpaired) electrons. The highest BCUT2D eigenvalue weighted by Crippen LogP contribution is 2.30. The third kappa shape index (κ3) is 4.24. The van der Waals surface area contributed by atoms with Crippen LogP contribution in [0, 0.1) is 5.82 Å². The van der Waals surface area contributed by atoms with E-state index >= 15 is 0 Å². The van der Waals surface area contributed by atoms with E-state index < -0.39 is 5.82 Å². The predicted molar refractivity (Wildman–Crippen MR) is 131 cm³/mol. The average Bonchev–Trinajstić information content (AvgIpc) is 3.32. The number of benzene rings is 2. The number of halogens is 1. The molecule has 5 rings (SSSR count). The molecule has 4 aromatic rings. The Morgan fingerprint density at radius 3 is 2.42 bits per heavy atom. The van der Waals surface area contributed by atoms with Crippen LogP contribution < -0.4 is 10.2 Å². The molecule has 7 heteroatoms. The number of aromatic hydroxyl groups is 1. The van der Waals surface area contributed by atoms with Crippen LogP contribution in [0.1, 0.15) is 13.8 Å².